The SMILES string of the molecule is N#Cc1cc2ccccc2nc1Oc1ccc(N)cc1F. The van der Waals surface area contributed by atoms with Crippen molar-refractivity contribution in [2.75, 3.05) is 5.73 Å². The van der Waals surface area contributed by atoms with Crippen molar-refractivity contribution in [1.82, 2.24) is 4.98 Å². The minimum absolute atomic E-state index is 0.0246. The van der Waals surface area contributed by atoms with E-state index in [0.717, 1.165) is 11.5 Å². The molecule has 1 aromatic heterocycles. The molecule has 0 fully saturated rings. The Labute approximate surface area is 120 Å². The Kier molecular flexibility index (Phi) is 3.13. The Morgan fingerprint density at radius 1 is 1.14 bits per heavy atom. The molecule has 21 heavy (non-hydrogen) atoms. The molecule has 1 heterocycles. The molecule has 0 aliphatic rings. The summed E-state index contributed by atoms with van der Waals surface area (Å²) in [6.45, 7) is 0. The van der Waals surface area contributed by atoms with E-state index in [1.54, 1.807) is 12.1 Å². The maximum absolute atomic E-state index is 13.8. The lowest BCUT2D eigenvalue weighted by Gasteiger charge is -2.09. The molecular formula is C16H10FN3O. The number of nitriles is 1. The average molecular weight is 279 g/mol. The fraction of sp³-hybridized carbons (Fsp3) is 0. The van der Waals surface area contributed by atoms with Gasteiger partial charge in [-0.3, -0.25) is 0 Å². The van der Waals surface area contributed by atoms with Gasteiger partial charge in [-0.15, -0.1) is 0 Å². The minimum atomic E-state index is -0.603. The Bertz CT molecular complexity index is 871. The summed E-state index contributed by atoms with van der Waals surface area (Å²) in [5.74, 6) is -0.558. The van der Waals surface area contributed by atoms with Crippen molar-refractivity contribution in [2.45, 2.75) is 0 Å². The van der Waals surface area contributed by atoms with Crippen LogP contribution < -0.4 is 10.5 Å². The van der Waals surface area contributed by atoms with E-state index in [-0.39, 0.29) is 17.2 Å². The van der Waals surface area contributed by atoms with Gasteiger partial charge in [0.15, 0.2) is 11.6 Å². The molecule has 2 aromatic carbocycles. The number of hydrogen-bond acceptors (Lipinski definition) is 4. The first-order valence-corrected chi connectivity index (χ1v) is 6.20. The third-order valence-corrected chi connectivity index (χ3v) is 2.97. The third-order valence-electron chi connectivity index (χ3n) is 2.97. The topological polar surface area (TPSA) is 71.9 Å². The van der Waals surface area contributed by atoms with Crippen molar-refractivity contribution in [3.8, 4) is 17.7 Å². The highest BCUT2D eigenvalue weighted by Crippen LogP contribution is 2.29. The average Bonchev–Trinajstić information content (AvgIpc) is 2.49. The summed E-state index contributed by atoms with van der Waals surface area (Å²) in [5.41, 5.74) is 6.70. The molecule has 0 atom stereocenters. The Morgan fingerprint density at radius 3 is 2.71 bits per heavy atom. The lowest BCUT2D eigenvalue weighted by molar-refractivity contribution is 0.428. The molecule has 0 saturated heterocycles. The van der Waals surface area contributed by atoms with Crippen molar-refractivity contribution in [3.63, 3.8) is 0 Å². The van der Waals surface area contributed by atoms with Gasteiger partial charge in [-0.1, -0.05) is 18.2 Å². The minimum Gasteiger partial charge on any atom is -0.435 e. The second kappa shape index (κ2) is 5.10. The van der Waals surface area contributed by atoms with Crippen LogP contribution in [0.2, 0.25) is 0 Å². The lowest BCUT2D eigenvalue weighted by Crippen LogP contribution is -1.96. The number of hydrogen-bond donors (Lipinski definition) is 1. The van der Waals surface area contributed by atoms with E-state index in [1.807, 2.05) is 24.3 Å². The summed E-state index contributed by atoms with van der Waals surface area (Å²) in [7, 11) is 0. The summed E-state index contributed by atoms with van der Waals surface area (Å²) in [6.07, 6.45) is 0. The van der Waals surface area contributed by atoms with Crippen molar-refractivity contribution < 1.29 is 9.13 Å². The molecule has 5 heteroatoms. The summed E-state index contributed by atoms with van der Waals surface area (Å²) in [6, 6.07) is 15.1. The first kappa shape index (κ1) is 12.9. The van der Waals surface area contributed by atoms with Crippen LogP contribution in [0, 0.1) is 17.1 Å². The molecule has 0 bridgehead atoms. The number of rotatable bonds is 2. The number of pyridine rings is 1. The standard InChI is InChI=1S/C16H10FN3O/c17-13-8-12(19)5-6-15(13)21-16-11(9-18)7-10-3-1-2-4-14(10)20-16/h1-8H,19H2. The zero-order valence-corrected chi connectivity index (χ0v) is 10.9. The molecule has 3 rings (SSSR count). The number of benzene rings is 2. The van der Waals surface area contributed by atoms with Gasteiger partial charge in [0, 0.05) is 17.1 Å². The number of aromatic nitrogens is 1. The number of nitrogens with zero attached hydrogens (tertiary/aromatic N) is 2. The molecule has 0 amide bonds. The van der Waals surface area contributed by atoms with Crippen LogP contribution >= 0.6 is 0 Å². The highest BCUT2D eigenvalue weighted by molar-refractivity contribution is 5.81. The van der Waals surface area contributed by atoms with E-state index < -0.39 is 5.82 Å². The van der Waals surface area contributed by atoms with Gasteiger partial charge in [-0.05, 0) is 24.3 Å². The number of anilines is 1. The van der Waals surface area contributed by atoms with Crippen molar-refractivity contribution >= 4 is 16.6 Å². The van der Waals surface area contributed by atoms with E-state index in [9.17, 15) is 9.65 Å². The Morgan fingerprint density at radius 2 is 1.95 bits per heavy atom. The number of nitrogen functional groups attached to an aromatic ring is 1. The van der Waals surface area contributed by atoms with E-state index in [0.29, 0.717) is 11.2 Å². The van der Waals surface area contributed by atoms with Crippen molar-refractivity contribution in [1.29, 1.82) is 5.26 Å². The summed E-state index contributed by atoms with van der Waals surface area (Å²) in [5, 5.41) is 10.0. The highest BCUT2D eigenvalue weighted by atomic mass is 19.1. The van der Waals surface area contributed by atoms with E-state index in [1.165, 1.54) is 12.1 Å². The number of fused-ring (bicyclic) bond motifs is 1. The van der Waals surface area contributed by atoms with Crippen molar-refractivity contribution in [2.24, 2.45) is 0 Å². The van der Waals surface area contributed by atoms with Gasteiger partial charge >= 0.3 is 0 Å². The van der Waals surface area contributed by atoms with Gasteiger partial charge in [0.25, 0.3) is 0 Å². The van der Waals surface area contributed by atoms with Crippen LogP contribution in [0.5, 0.6) is 11.6 Å². The van der Waals surface area contributed by atoms with Gasteiger partial charge in [0.1, 0.15) is 11.6 Å². The molecule has 2 N–H and O–H groups in total. The first-order valence-electron chi connectivity index (χ1n) is 6.20. The zero-order valence-electron chi connectivity index (χ0n) is 10.9. The monoisotopic (exact) mass is 279 g/mol. The fourth-order valence-electron chi connectivity index (χ4n) is 1.96. The quantitative estimate of drug-likeness (QED) is 0.727. The van der Waals surface area contributed by atoms with E-state index in [2.05, 4.69) is 4.98 Å². The Hall–Kier alpha value is -3.13. The third kappa shape index (κ3) is 2.47. The molecule has 3 aromatic rings. The van der Waals surface area contributed by atoms with E-state index >= 15 is 0 Å². The van der Waals surface area contributed by atoms with Crippen molar-refractivity contribution in [3.05, 3.63) is 59.9 Å². The summed E-state index contributed by atoms with van der Waals surface area (Å²) in [4.78, 5) is 4.26. The van der Waals surface area contributed by atoms with Crippen LogP contribution in [-0.2, 0) is 0 Å². The molecular weight excluding hydrogens is 269 g/mol. The van der Waals surface area contributed by atoms with Gasteiger partial charge < -0.3 is 10.5 Å². The lowest BCUT2D eigenvalue weighted by atomic mass is 10.1. The fourth-order valence-corrected chi connectivity index (χ4v) is 1.96. The maximum atomic E-state index is 13.8. The van der Waals surface area contributed by atoms with Crippen LogP contribution in [0.3, 0.4) is 0 Å². The molecule has 4 nitrogen and oxygen atoms in total. The normalized spacial score (nSPS) is 10.3. The molecule has 0 saturated carbocycles. The maximum Gasteiger partial charge on any atom is 0.238 e. The van der Waals surface area contributed by atoms with Crippen LogP contribution in [0.4, 0.5) is 10.1 Å². The first-order chi connectivity index (χ1) is 10.2. The molecule has 0 unspecified atom stereocenters. The van der Waals surface area contributed by atoms with E-state index in [4.69, 9.17) is 10.5 Å². The smallest absolute Gasteiger partial charge is 0.238 e. The second-order valence-corrected chi connectivity index (χ2v) is 4.44. The van der Waals surface area contributed by atoms with Crippen LogP contribution in [0.15, 0.2) is 48.5 Å². The predicted molar refractivity (Wildman–Crippen MR) is 77.3 cm³/mol. The molecule has 102 valence electrons. The van der Waals surface area contributed by atoms with Crippen LogP contribution in [-0.4, -0.2) is 4.98 Å². The highest BCUT2D eigenvalue weighted by Gasteiger charge is 2.12. The number of halogens is 1. The zero-order chi connectivity index (χ0) is 14.8. The number of ether oxygens (including phenoxy) is 1. The van der Waals surface area contributed by atoms with Gasteiger partial charge in [0.2, 0.25) is 5.88 Å². The molecule has 0 radical (unpaired) electrons. The predicted octanol–water partition coefficient (Wildman–Crippen LogP) is 3.62. The summed E-state index contributed by atoms with van der Waals surface area (Å²) < 4.78 is 19.2. The van der Waals surface area contributed by atoms with Gasteiger partial charge in [-0.25, -0.2) is 9.37 Å². The van der Waals surface area contributed by atoms with Crippen LogP contribution in [0.25, 0.3) is 10.9 Å². The second-order valence-electron chi connectivity index (χ2n) is 4.44. The van der Waals surface area contributed by atoms with Gasteiger partial charge in [-0.2, -0.15) is 5.26 Å². The van der Waals surface area contributed by atoms with Crippen LogP contribution in [0.1, 0.15) is 5.56 Å². The molecule has 0 aliphatic carbocycles. The number of para-hydroxylation sites is 1. The molecule has 0 aliphatic heterocycles. The molecule has 0 spiro atoms. The van der Waals surface area contributed by atoms with Gasteiger partial charge in [0.05, 0.1) is 5.52 Å². The largest absolute Gasteiger partial charge is 0.435 e. The Balaban J connectivity index is 2.09. The summed E-state index contributed by atoms with van der Waals surface area (Å²) >= 11 is 0. The number of nitrogens with two attached hydrogens (primary N) is 1.